The van der Waals surface area contributed by atoms with Gasteiger partial charge in [-0.3, -0.25) is 4.79 Å². The lowest BCUT2D eigenvalue weighted by atomic mass is 10.3. The fraction of sp³-hybridized carbons (Fsp3) is 0.111. The van der Waals surface area contributed by atoms with Crippen LogP contribution in [0.3, 0.4) is 0 Å². The van der Waals surface area contributed by atoms with Crippen LogP contribution in [0, 0.1) is 0 Å². The van der Waals surface area contributed by atoms with Crippen LogP contribution < -0.4 is 15.8 Å². The molecule has 0 bridgehead atoms. The van der Waals surface area contributed by atoms with Crippen LogP contribution in [0.1, 0.15) is 0 Å². The van der Waals surface area contributed by atoms with E-state index in [2.05, 4.69) is 10.6 Å². The highest BCUT2D eigenvalue weighted by molar-refractivity contribution is 7.89. The lowest BCUT2D eigenvalue weighted by Crippen LogP contribution is -2.33. The topological polar surface area (TPSA) is 139 Å². The van der Waals surface area contributed by atoms with Gasteiger partial charge >= 0.3 is 12.0 Å². The number of carboxylic acids is 1. The number of carboxylic acid groups (broad SMARTS) is 1. The minimum atomic E-state index is -3.78. The summed E-state index contributed by atoms with van der Waals surface area (Å²) in [6.45, 7) is -0.513. The number of anilines is 1. The van der Waals surface area contributed by atoms with Crippen molar-refractivity contribution in [2.45, 2.75) is 4.90 Å². The van der Waals surface area contributed by atoms with Crippen molar-refractivity contribution >= 4 is 27.7 Å². The van der Waals surface area contributed by atoms with Crippen molar-refractivity contribution in [2.75, 3.05) is 11.9 Å². The molecule has 98 valence electrons. The van der Waals surface area contributed by atoms with Crippen LogP contribution in [-0.2, 0) is 14.8 Å². The summed E-state index contributed by atoms with van der Waals surface area (Å²) in [5.41, 5.74) is 0.310. The molecule has 1 rings (SSSR count). The minimum absolute atomic E-state index is 0.0843. The number of carbonyl (C=O) groups is 2. The molecule has 0 unspecified atom stereocenters. The molecule has 5 N–H and O–H groups in total. The van der Waals surface area contributed by atoms with Crippen LogP contribution in [0.25, 0.3) is 0 Å². The number of benzene rings is 1. The molecular formula is C9H11N3O5S. The van der Waals surface area contributed by atoms with E-state index in [0.717, 1.165) is 0 Å². The molecular weight excluding hydrogens is 262 g/mol. The first-order valence-electron chi connectivity index (χ1n) is 4.68. The molecule has 0 heterocycles. The highest BCUT2D eigenvalue weighted by Crippen LogP contribution is 2.12. The van der Waals surface area contributed by atoms with E-state index in [1.54, 1.807) is 0 Å². The van der Waals surface area contributed by atoms with E-state index in [4.69, 9.17) is 10.2 Å². The van der Waals surface area contributed by atoms with Gasteiger partial charge in [-0.25, -0.2) is 18.4 Å². The number of urea groups is 1. The van der Waals surface area contributed by atoms with Crippen LogP contribution in [0.2, 0.25) is 0 Å². The molecule has 1 aromatic carbocycles. The third kappa shape index (κ3) is 4.39. The lowest BCUT2D eigenvalue weighted by Gasteiger charge is -2.06. The van der Waals surface area contributed by atoms with E-state index in [1.165, 1.54) is 24.3 Å². The van der Waals surface area contributed by atoms with Crippen LogP contribution in [0.4, 0.5) is 10.5 Å². The predicted octanol–water partition coefficient (Wildman–Crippen LogP) is -0.460. The number of carbonyl (C=O) groups excluding carboxylic acids is 1. The van der Waals surface area contributed by atoms with Crippen molar-refractivity contribution in [1.82, 2.24) is 5.32 Å². The van der Waals surface area contributed by atoms with Gasteiger partial charge in [0, 0.05) is 5.69 Å². The molecule has 0 spiro atoms. The van der Waals surface area contributed by atoms with Gasteiger partial charge in [-0.05, 0) is 24.3 Å². The van der Waals surface area contributed by atoms with E-state index in [1.807, 2.05) is 0 Å². The average Bonchev–Trinajstić information content (AvgIpc) is 2.26. The van der Waals surface area contributed by atoms with Crippen LogP contribution >= 0.6 is 0 Å². The standard InChI is InChI=1S/C9H11N3O5S/c10-18(16,17)7-3-1-6(2-4-7)12-9(15)11-5-8(13)14/h1-4H,5H2,(H,13,14)(H2,10,16,17)(H2,11,12,15). The van der Waals surface area contributed by atoms with Crippen molar-refractivity contribution in [3.63, 3.8) is 0 Å². The Morgan fingerprint density at radius 3 is 2.22 bits per heavy atom. The van der Waals surface area contributed by atoms with Crippen molar-refractivity contribution in [2.24, 2.45) is 5.14 Å². The van der Waals surface area contributed by atoms with E-state index in [-0.39, 0.29) is 4.90 Å². The molecule has 0 radical (unpaired) electrons. The van der Waals surface area contributed by atoms with E-state index in [0.29, 0.717) is 5.69 Å². The monoisotopic (exact) mass is 273 g/mol. The number of nitrogens with two attached hydrogens (primary N) is 1. The number of hydrogen-bond acceptors (Lipinski definition) is 4. The van der Waals surface area contributed by atoms with Gasteiger partial charge in [-0.2, -0.15) is 0 Å². The molecule has 18 heavy (non-hydrogen) atoms. The molecule has 0 aliphatic carbocycles. The van der Waals surface area contributed by atoms with Crippen molar-refractivity contribution in [1.29, 1.82) is 0 Å². The normalized spacial score (nSPS) is 10.7. The fourth-order valence-electron chi connectivity index (χ4n) is 1.06. The average molecular weight is 273 g/mol. The summed E-state index contributed by atoms with van der Waals surface area (Å²) < 4.78 is 21.9. The first kappa shape index (κ1) is 13.9. The number of aliphatic carboxylic acids is 1. The number of rotatable bonds is 4. The largest absolute Gasteiger partial charge is 0.480 e. The second-order valence-electron chi connectivity index (χ2n) is 3.27. The molecule has 0 saturated heterocycles. The molecule has 9 heteroatoms. The van der Waals surface area contributed by atoms with Crippen molar-refractivity contribution < 1.29 is 23.1 Å². The highest BCUT2D eigenvalue weighted by atomic mass is 32.2. The van der Waals surface area contributed by atoms with Crippen molar-refractivity contribution in [3.05, 3.63) is 24.3 Å². The van der Waals surface area contributed by atoms with E-state index >= 15 is 0 Å². The van der Waals surface area contributed by atoms with E-state index in [9.17, 15) is 18.0 Å². The van der Waals surface area contributed by atoms with Gasteiger partial charge in [0.25, 0.3) is 0 Å². The summed E-state index contributed by atoms with van der Waals surface area (Å²) in [4.78, 5) is 21.3. The summed E-state index contributed by atoms with van der Waals surface area (Å²) in [6.07, 6.45) is 0. The summed E-state index contributed by atoms with van der Waals surface area (Å²) in [5, 5.41) is 17.6. The Morgan fingerprint density at radius 2 is 1.78 bits per heavy atom. The van der Waals surface area contributed by atoms with Gasteiger partial charge in [0.05, 0.1) is 4.90 Å². The molecule has 0 aliphatic heterocycles. The molecule has 0 aromatic heterocycles. The first-order chi connectivity index (χ1) is 8.29. The minimum Gasteiger partial charge on any atom is -0.480 e. The third-order valence-electron chi connectivity index (χ3n) is 1.84. The van der Waals surface area contributed by atoms with Gasteiger partial charge in [0.2, 0.25) is 10.0 Å². The van der Waals surface area contributed by atoms with Crippen LogP contribution in [-0.4, -0.2) is 32.1 Å². The van der Waals surface area contributed by atoms with Crippen molar-refractivity contribution in [3.8, 4) is 0 Å². The fourth-order valence-corrected chi connectivity index (χ4v) is 1.57. The summed E-state index contributed by atoms with van der Waals surface area (Å²) in [6, 6.07) is 4.41. The SMILES string of the molecule is NS(=O)(=O)c1ccc(NC(=O)NCC(=O)O)cc1. The first-order valence-corrected chi connectivity index (χ1v) is 6.23. The maximum absolute atomic E-state index is 11.2. The molecule has 0 saturated carbocycles. The van der Waals surface area contributed by atoms with Crippen LogP contribution in [0.5, 0.6) is 0 Å². The molecule has 0 aliphatic rings. The number of primary sulfonamides is 1. The van der Waals surface area contributed by atoms with Gasteiger partial charge in [-0.15, -0.1) is 0 Å². The van der Waals surface area contributed by atoms with Gasteiger partial charge in [0.15, 0.2) is 0 Å². The summed E-state index contributed by atoms with van der Waals surface area (Å²) in [5.74, 6) is -1.17. The molecule has 1 aromatic rings. The second-order valence-corrected chi connectivity index (χ2v) is 4.83. The summed E-state index contributed by atoms with van der Waals surface area (Å²) in [7, 11) is -3.78. The third-order valence-corrected chi connectivity index (χ3v) is 2.77. The highest BCUT2D eigenvalue weighted by Gasteiger charge is 2.08. The maximum atomic E-state index is 11.2. The Hall–Kier alpha value is -2.13. The maximum Gasteiger partial charge on any atom is 0.323 e. The quantitative estimate of drug-likeness (QED) is 0.588. The number of sulfonamides is 1. The Morgan fingerprint density at radius 1 is 1.22 bits per heavy atom. The predicted molar refractivity (Wildman–Crippen MR) is 62.5 cm³/mol. The summed E-state index contributed by atoms with van der Waals surface area (Å²) >= 11 is 0. The van der Waals surface area contributed by atoms with Gasteiger partial charge in [-0.1, -0.05) is 0 Å². The number of hydrogen-bond donors (Lipinski definition) is 4. The molecule has 2 amide bonds. The zero-order valence-electron chi connectivity index (χ0n) is 9.08. The van der Waals surface area contributed by atoms with Gasteiger partial charge < -0.3 is 15.7 Å². The Labute approximate surface area is 103 Å². The van der Waals surface area contributed by atoms with E-state index < -0.39 is 28.6 Å². The Bertz CT molecular complexity index is 552. The lowest BCUT2D eigenvalue weighted by molar-refractivity contribution is -0.135. The zero-order valence-corrected chi connectivity index (χ0v) is 9.90. The number of amides is 2. The molecule has 0 fully saturated rings. The zero-order chi connectivity index (χ0) is 13.8. The Balaban J connectivity index is 2.64. The van der Waals surface area contributed by atoms with Crippen LogP contribution in [0.15, 0.2) is 29.2 Å². The van der Waals surface area contributed by atoms with Gasteiger partial charge in [0.1, 0.15) is 6.54 Å². The second kappa shape index (κ2) is 5.47. The number of nitrogens with one attached hydrogen (secondary N) is 2. The Kier molecular flexibility index (Phi) is 4.23. The smallest absolute Gasteiger partial charge is 0.323 e. The molecule has 0 atom stereocenters. The molecule has 8 nitrogen and oxygen atoms in total.